The van der Waals surface area contributed by atoms with Gasteiger partial charge in [0.1, 0.15) is 5.69 Å². The van der Waals surface area contributed by atoms with Crippen LogP contribution in [-0.2, 0) is 6.42 Å². The highest BCUT2D eigenvalue weighted by atomic mass is 16.1. The fourth-order valence-corrected chi connectivity index (χ4v) is 3.56. The zero-order valence-corrected chi connectivity index (χ0v) is 15.2. The van der Waals surface area contributed by atoms with E-state index in [4.69, 9.17) is 15.1 Å². The number of hydrogen-bond acceptors (Lipinski definition) is 4. The van der Waals surface area contributed by atoms with Gasteiger partial charge in [0.05, 0.1) is 11.4 Å². The summed E-state index contributed by atoms with van der Waals surface area (Å²) in [4.78, 5) is 21.7. The largest absolute Gasteiger partial charge is 0.294 e. The number of aromatic nitrogens is 4. The molecule has 1 aliphatic rings. The fraction of sp³-hybridized carbons (Fsp3) is 0.130. The van der Waals surface area contributed by atoms with Crippen molar-refractivity contribution in [3.8, 4) is 28.6 Å². The maximum Gasteiger partial charge on any atom is 0.182 e. The van der Waals surface area contributed by atoms with Crippen LogP contribution < -0.4 is 0 Å². The van der Waals surface area contributed by atoms with Crippen LogP contribution in [0.1, 0.15) is 28.9 Å². The van der Waals surface area contributed by atoms with Gasteiger partial charge in [-0.05, 0) is 37.1 Å². The third-order valence-electron chi connectivity index (χ3n) is 4.96. The number of Topliss-reactive ketones (excluding diaryl/α,β-unsaturated/α-hetero) is 1. The van der Waals surface area contributed by atoms with E-state index < -0.39 is 0 Å². The number of carbonyl (C=O) groups is 1. The summed E-state index contributed by atoms with van der Waals surface area (Å²) in [6, 6.07) is 23.6. The first-order valence-corrected chi connectivity index (χ1v) is 9.41. The first-order valence-electron chi connectivity index (χ1n) is 9.41. The van der Waals surface area contributed by atoms with E-state index in [2.05, 4.69) is 0 Å². The molecular weight excluding hydrogens is 348 g/mol. The van der Waals surface area contributed by atoms with Crippen molar-refractivity contribution in [2.45, 2.75) is 19.3 Å². The quantitative estimate of drug-likeness (QED) is 0.535. The molecule has 0 saturated carbocycles. The highest BCUT2D eigenvalue weighted by Gasteiger charge is 2.21. The van der Waals surface area contributed by atoms with Crippen LogP contribution in [0.4, 0.5) is 0 Å². The Bertz CT molecular complexity index is 1150. The predicted molar refractivity (Wildman–Crippen MR) is 107 cm³/mol. The van der Waals surface area contributed by atoms with Crippen molar-refractivity contribution in [3.63, 3.8) is 0 Å². The molecule has 4 aromatic rings. The van der Waals surface area contributed by atoms with Gasteiger partial charge in [0, 0.05) is 17.5 Å². The molecule has 0 spiro atoms. The van der Waals surface area contributed by atoms with Crippen molar-refractivity contribution >= 4 is 5.78 Å². The Balaban J connectivity index is 1.68. The van der Waals surface area contributed by atoms with Gasteiger partial charge in [0.15, 0.2) is 17.4 Å². The summed E-state index contributed by atoms with van der Waals surface area (Å²) < 4.78 is 1.82. The minimum Gasteiger partial charge on any atom is -0.294 e. The zero-order valence-electron chi connectivity index (χ0n) is 15.2. The number of aryl methyl sites for hydroxylation is 1. The molecule has 0 saturated heterocycles. The van der Waals surface area contributed by atoms with E-state index in [9.17, 15) is 4.79 Å². The normalized spacial score (nSPS) is 13.4. The Hall–Kier alpha value is -3.60. The van der Waals surface area contributed by atoms with Gasteiger partial charge in [-0.15, -0.1) is 5.10 Å². The van der Waals surface area contributed by atoms with Gasteiger partial charge in [-0.3, -0.25) is 4.79 Å². The van der Waals surface area contributed by atoms with E-state index >= 15 is 0 Å². The number of rotatable bonds is 3. The number of carbonyl (C=O) groups excluding carboxylic acids is 1. The number of ketones is 1. The third kappa shape index (κ3) is 2.91. The Morgan fingerprint density at radius 2 is 1.54 bits per heavy atom. The molecule has 2 aromatic carbocycles. The summed E-state index contributed by atoms with van der Waals surface area (Å²) in [5.74, 6) is 1.50. The van der Waals surface area contributed by atoms with Crippen LogP contribution in [0, 0.1) is 0 Å². The van der Waals surface area contributed by atoms with E-state index in [1.54, 1.807) is 0 Å². The summed E-state index contributed by atoms with van der Waals surface area (Å²) in [5.41, 5.74) is 4.20. The zero-order chi connectivity index (χ0) is 18.9. The van der Waals surface area contributed by atoms with Crippen molar-refractivity contribution in [1.82, 2.24) is 19.7 Å². The second kappa shape index (κ2) is 6.85. The van der Waals surface area contributed by atoms with Crippen LogP contribution in [0.25, 0.3) is 28.6 Å². The van der Waals surface area contributed by atoms with Gasteiger partial charge >= 0.3 is 0 Å². The molecule has 0 amide bonds. The monoisotopic (exact) mass is 366 g/mol. The topological polar surface area (TPSA) is 60.7 Å². The summed E-state index contributed by atoms with van der Waals surface area (Å²) in [5, 5.41) is 4.75. The van der Waals surface area contributed by atoms with Gasteiger partial charge in [-0.1, -0.05) is 48.5 Å². The van der Waals surface area contributed by atoms with E-state index in [-0.39, 0.29) is 5.78 Å². The first kappa shape index (κ1) is 16.6. The maximum atomic E-state index is 12.1. The second-order valence-electron chi connectivity index (χ2n) is 6.84. The Morgan fingerprint density at radius 1 is 0.786 bits per heavy atom. The lowest BCUT2D eigenvalue weighted by atomic mass is 9.94. The van der Waals surface area contributed by atoms with Crippen molar-refractivity contribution in [2.75, 3.05) is 0 Å². The molecule has 5 heteroatoms. The molecule has 0 fully saturated rings. The van der Waals surface area contributed by atoms with Gasteiger partial charge in [-0.25, -0.2) is 14.6 Å². The highest BCUT2D eigenvalue weighted by Crippen LogP contribution is 2.27. The summed E-state index contributed by atoms with van der Waals surface area (Å²) in [6.45, 7) is 0. The molecule has 0 unspecified atom stereocenters. The van der Waals surface area contributed by atoms with Gasteiger partial charge in [0.2, 0.25) is 0 Å². The van der Waals surface area contributed by atoms with E-state index in [0.717, 1.165) is 41.0 Å². The molecule has 2 heterocycles. The first-order chi connectivity index (χ1) is 13.8. The molecule has 0 radical (unpaired) electrons. The Morgan fingerprint density at radius 3 is 2.32 bits per heavy atom. The van der Waals surface area contributed by atoms with Crippen LogP contribution in [0.3, 0.4) is 0 Å². The Labute approximate surface area is 162 Å². The van der Waals surface area contributed by atoms with E-state index in [0.29, 0.717) is 18.1 Å². The molecule has 0 atom stereocenters. The van der Waals surface area contributed by atoms with Gasteiger partial charge < -0.3 is 0 Å². The van der Waals surface area contributed by atoms with Crippen LogP contribution >= 0.6 is 0 Å². The molecule has 5 nitrogen and oxygen atoms in total. The number of hydrogen-bond donors (Lipinski definition) is 0. The average Bonchev–Trinajstić information content (AvgIpc) is 3.21. The molecular formula is C23H18N4O. The summed E-state index contributed by atoms with van der Waals surface area (Å²) in [6.07, 6.45) is 2.27. The molecule has 1 aliphatic carbocycles. The number of fused-ring (bicyclic) bond motifs is 1. The SMILES string of the molecule is O=C1CCCc2nc(-c3nc(-c4ccccc4)nn3-c3ccccc3)ccc21. The van der Waals surface area contributed by atoms with Crippen LogP contribution in [0.2, 0.25) is 0 Å². The van der Waals surface area contributed by atoms with Crippen molar-refractivity contribution in [3.05, 3.63) is 84.1 Å². The minimum atomic E-state index is 0.176. The van der Waals surface area contributed by atoms with Crippen LogP contribution in [-0.4, -0.2) is 25.5 Å². The molecule has 2 aromatic heterocycles. The van der Waals surface area contributed by atoms with Crippen molar-refractivity contribution in [1.29, 1.82) is 0 Å². The van der Waals surface area contributed by atoms with Gasteiger partial charge in [0.25, 0.3) is 0 Å². The summed E-state index contributed by atoms with van der Waals surface area (Å²) >= 11 is 0. The smallest absolute Gasteiger partial charge is 0.182 e. The lowest BCUT2D eigenvalue weighted by Crippen LogP contribution is -2.13. The van der Waals surface area contributed by atoms with Crippen LogP contribution in [0.5, 0.6) is 0 Å². The molecule has 5 rings (SSSR count). The maximum absolute atomic E-state index is 12.1. The van der Waals surface area contributed by atoms with Crippen LogP contribution in [0.15, 0.2) is 72.8 Å². The molecule has 0 aliphatic heterocycles. The van der Waals surface area contributed by atoms with Crippen molar-refractivity contribution in [2.24, 2.45) is 0 Å². The fourth-order valence-electron chi connectivity index (χ4n) is 3.56. The number of benzene rings is 2. The average molecular weight is 366 g/mol. The third-order valence-corrected chi connectivity index (χ3v) is 4.96. The lowest BCUT2D eigenvalue weighted by Gasteiger charge is -2.14. The predicted octanol–water partition coefficient (Wildman–Crippen LogP) is 4.52. The van der Waals surface area contributed by atoms with Crippen molar-refractivity contribution < 1.29 is 4.79 Å². The number of para-hydroxylation sites is 1. The van der Waals surface area contributed by atoms with Gasteiger partial charge in [-0.2, -0.15) is 0 Å². The Kier molecular flexibility index (Phi) is 4.05. The molecule has 0 N–H and O–H groups in total. The minimum absolute atomic E-state index is 0.176. The second-order valence-corrected chi connectivity index (χ2v) is 6.84. The van der Waals surface area contributed by atoms with E-state index in [1.165, 1.54) is 0 Å². The molecule has 0 bridgehead atoms. The molecule has 28 heavy (non-hydrogen) atoms. The standard InChI is InChI=1S/C23H18N4O/c28-21-13-7-12-19-18(21)14-15-20(24-19)23-25-22(16-8-3-1-4-9-16)26-27(23)17-10-5-2-6-11-17/h1-6,8-11,14-15H,7,12-13H2. The van der Waals surface area contributed by atoms with E-state index in [1.807, 2.05) is 77.5 Å². The summed E-state index contributed by atoms with van der Waals surface area (Å²) in [7, 11) is 0. The lowest BCUT2D eigenvalue weighted by molar-refractivity contribution is 0.0971. The number of pyridine rings is 1. The number of nitrogens with zero attached hydrogens (tertiary/aromatic N) is 4. The highest BCUT2D eigenvalue weighted by molar-refractivity contribution is 5.98. The molecule has 136 valence electrons.